The van der Waals surface area contributed by atoms with E-state index in [4.69, 9.17) is 4.42 Å². The minimum atomic E-state index is -0.304. The molecule has 106 valence electrons. The summed E-state index contributed by atoms with van der Waals surface area (Å²) in [6, 6.07) is 13.4. The standard InChI is InChI=1S/C15H11BrN2O2S/c16-13-7-6-12(20-13)14(19)18-15-17-11(9-21-15)8-10-4-2-1-3-5-10/h1-7,9H,8H2,(H,17,18,19). The van der Waals surface area contributed by atoms with Crippen LogP contribution in [0.3, 0.4) is 0 Å². The van der Waals surface area contributed by atoms with E-state index in [2.05, 4.69) is 38.4 Å². The van der Waals surface area contributed by atoms with E-state index in [9.17, 15) is 4.79 Å². The van der Waals surface area contributed by atoms with E-state index in [1.165, 1.54) is 16.9 Å². The highest BCUT2D eigenvalue weighted by atomic mass is 79.9. The number of hydrogen-bond acceptors (Lipinski definition) is 4. The molecule has 4 nitrogen and oxygen atoms in total. The highest BCUT2D eigenvalue weighted by Crippen LogP contribution is 2.20. The number of thiazole rings is 1. The van der Waals surface area contributed by atoms with Crippen molar-refractivity contribution in [2.75, 3.05) is 5.32 Å². The molecule has 1 aromatic carbocycles. The molecule has 3 aromatic rings. The minimum absolute atomic E-state index is 0.252. The molecule has 1 amide bonds. The molecule has 0 radical (unpaired) electrons. The smallest absolute Gasteiger partial charge is 0.293 e. The van der Waals surface area contributed by atoms with Gasteiger partial charge in [0.2, 0.25) is 0 Å². The van der Waals surface area contributed by atoms with Gasteiger partial charge in [0, 0.05) is 11.8 Å². The molecule has 0 aliphatic heterocycles. The zero-order chi connectivity index (χ0) is 14.7. The van der Waals surface area contributed by atoms with Gasteiger partial charge in [-0.25, -0.2) is 4.98 Å². The summed E-state index contributed by atoms with van der Waals surface area (Å²) < 4.78 is 5.73. The lowest BCUT2D eigenvalue weighted by Crippen LogP contribution is -2.10. The molecule has 0 bridgehead atoms. The van der Waals surface area contributed by atoms with Crippen molar-refractivity contribution in [3.05, 3.63) is 69.5 Å². The number of rotatable bonds is 4. The summed E-state index contributed by atoms with van der Waals surface area (Å²) in [6.07, 6.45) is 0.750. The van der Waals surface area contributed by atoms with Crippen LogP contribution in [0.15, 0.2) is 56.9 Å². The highest BCUT2D eigenvalue weighted by molar-refractivity contribution is 9.10. The first kappa shape index (κ1) is 14.0. The fourth-order valence-electron chi connectivity index (χ4n) is 1.85. The number of nitrogens with one attached hydrogen (secondary N) is 1. The summed E-state index contributed by atoms with van der Waals surface area (Å²) in [5.74, 6) is -0.0528. The van der Waals surface area contributed by atoms with Crippen LogP contribution in [0.1, 0.15) is 21.8 Å². The molecule has 2 aromatic heterocycles. The van der Waals surface area contributed by atoms with Crippen LogP contribution >= 0.6 is 27.3 Å². The number of aromatic nitrogens is 1. The van der Waals surface area contributed by atoms with Crippen LogP contribution in [0.2, 0.25) is 0 Å². The number of halogens is 1. The molecule has 0 spiro atoms. The second-order valence-electron chi connectivity index (χ2n) is 4.36. The Balaban J connectivity index is 1.66. The molecule has 21 heavy (non-hydrogen) atoms. The van der Waals surface area contributed by atoms with Gasteiger partial charge in [-0.2, -0.15) is 0 Å². The monoisotopic (exact) mass is 362 g/mol. The summed E-state index contributed by atoms with van der Waals surface area (Å²) in [6.45, 7) is 0. The summed E-state index contributed by atoms with van der Waals surface area (Å²) in [7, 11) is 0. The third-order valence-corrected chi connectivity index (χ3v) is 4.03. The Kier molecular flexibility index (Phi) is 4.17. The van der Waals surface area contributed by atoms with Gasteiger partial charge in [0.05, 0.1) is 5.69 Å². The first-order valence-corrected chi connectivity index (χ1v) is 7.93. The number of benzene rings is 1. The molecule has 0 saturated heterocycles. The first-order chi connectivity index (χ1) is 10.2. The van der Waals surface area contributed by atoms with Crippen molar-refractivity contribution in [2.24, 2.45) is 0 Å². The zero-order valence-corrected chi connectivity index (χ0v) is 13.3. The maximum Gasteiger partial charge on any atom is 0.293 e. The summed E-state index contributed by atoms with van der Waals surface area (Å²) in [5, 5.41) is 5.24. The lowest BCUT2D eigenvalue weighted by Gasteiger charge is -1.98. The predicted octanol–water partition coefficient (Wildman–Crippen LogP) is 4.34. The molecule has 1 N–H and O–H groups in total. The van der Waals surface area contributed by atoms with Crippen LogP contribution in [-0.4, -0.2) is 10.9 Å². The van der Waals surface area contributed by atoms with Gasteiger partial charge in [0.1, 0.15) is 0 Å². The number of furan rings is 1. The van der Waals surface area contributed by atoms with Gasteiger partial charge in [-0.15, -0.1) is 11.3 Å². The largest absolute Gasteiger partial charge is 0.444 e. The summed E-state index contributed by atoms with van der Waals surface area (Å²) in [4.78, 5) is 16.3. The van der Waals surface area contributed by atoms with Gasteiger partial charge in [-0.3, -0.25) is 10.1 Å². The Morgan fingerprint density at radius 3 is 2.76 bits per heavy atom. The third-order valence-electron chi connectivity index (χ3n) is 2.80. The van der Waals surface area contributed by atoms with E-state index in [0.29, 0.717) is 9.80 Å². The van der Waals surface area contributed by atoms with E-state index in [1.807, 2.05) is 23.6 Å². The fourth-order valence-corrected chi connectivity index (χ4v) is 2.86. The molecule has 0 atom stereocenters. The topological polar surface area (TPSA) is 55.1 Å². The lowest BCUT2D eigenvalue weighted by atomic mass is 10.1. The van der Waals surface area contributed by atoms with Crippen LogP contribution in [0.25, 0.3) is 0 Å². The quantitative estimate of drug-likeness (QED) is 0.750. The Bertz CT molecular complexity index is 752. The SMILES string of the molecule is O=C(Nc1nc(Cc2ccccc2)cs1)c1ccc(Br)o1. The molecule has 0 aliphatic rings. The maximum atomic E-state index is 11.9. The molecule has 0 aliphatic carbocycles. The normalized spacial score (nSPS) is 10.5. The van der Waals surface area contributed by atoms with Crippen molar-refractivity contribution >= 4 is 38.3 Å². The Morgan fingerprint density at radius 1 is 1.24 bits per heavy atom. The number of hydrogen-bond donors (Lipinski definition) is 1. The summed E-state index contributed by atoms with van der Waals surface area (Å²) >= 11 is 4.57. The molecular formula is C15H11BrN2O2S. The number of nitrogens with zero attached hydrogens (tertiary/aromatic N) is 1. The second kappa shape index (κ2) is 6.24. The number of carbonyl (C=O) groups is 1. The maximum absolute atomic E-state index is 11.9. The number of amides is 1. The van der Waals surface area contributed by atoms with E-state index < -0.39 is 0 Å². The molecule has 2 heterocycles. The fraction of sp³-hybridized carbons (Fsp3) is 0.0667. The summed E-state index contributed by atoms with van der Waals surface area (Å²) in [5.41, 5.74) is 2.12. The van der Waals surface area contributed by atoms with Gasteiger partial charge < -0.3 is 4.42 Å². The molecule has 0 fully saturated rings. The van der Waals surface area contributed by atoms with Crippen LogP contribution < -0.4 is 5.32 Å². The Morgan fingerprint density at radius 2 is 2.05 bits per heavy atom. The van der Waals surface area contributed by atoms with E-state index in [0.717, 1.165) is 12.1 Å². The Hall–Kier alpha value is -1.92. The van der Waals surface area contributed by atoms with Gasteiger partial charge in [0.15, 0.2) is 15.6 Å². The van der Waals surface area contributed by atoms with E-state index in [1.54, 1.807) is 12.1 Å². The van der Waals surface area contributed by atoms with Crippen molar-refractivity contribution in [1.82, 2.24) is 4.98 Å². The van der Waals surface area contributed by atoms with Gasteiger partial charge in [0.25, 0.3) is 5.91 Å². The van der Waals surface area contributed by atoms with Crippen molar-refractivity contribution in [3.8, 4) is 0 Å². The van der Waals surface area contributed by atoms with E-state index >= 15 is 0 Å². The second-order valence-corrected chi connectivity index (χ2v) is 6.00. The third kappa shape index (κ3) is 3.59. The molecule has 6 heteroatoms. The van der Waals surface area contributed by atoms with Crippen molar-refractivity contribution in [3.63, 3.8) is 0 Å². The first-order valence-electron chi connectivity index (χ1n) is 6.26. The average molecular weight is 363 g/mol. The van der Waals surface area contributed by atoms with Crippen LogP contribution in [0, 0.1) is 0 Å². The highest BCUT2D eigenvalue weighted by Gasteiger charge is 2.12. The number of carbonyl (C=O) groups excluding carboxylic acids is 1. The van der Waals surface area contributed by atoms with Gasteiger partial charge in [-0.1, -0.05) is 30.3 Å². The van der Waals surface area contributed by atoms with Crippen LogP contribution in [0.5, 0.6) is 0 Å². The lowest BCUT2D eigenvalue weighted by molar-refractivity contribution is 0.0995. The average Bonchev–Trinajstić information content (AvgIpc) is 3.09. The van der Waals surface area contributed by atoms with Gasteiger partial charge in [-0.05, 0) is 33.6 Å². The minimum Gasteiger partial charge on any atom is -0.444 e. The van der Waals surface area contributed by atoms with Crippen molar-refractivity contribution in [1.29, 1.82) is 0 Å². The molecule has 0 saturated carbocycles. The van der Waals surface area contributed by atoms with Crippen LogP contribution in [-0.2, 0) is 6.42 Å². The molecule has 0 unspecified atom stereocenters. The van der Waals surface area contributed by atoms with Crippen molar-refractivity contribution < 1.29 is 9.21 Å². The predicted molar refractivity (Wildman–Crippen MR) is 85.7 cm³/mol. The Labute approximate surface area is 134 Å². The van der Waals surface area contributed by atoms with E-state index in [-0.39, 0.29) is 11.7 Å². The molecular weight excluding hydrogens is 352 g/mol. The van der Waals surface area contributed by atoms with Gasteiger partial charge >= 0.3 is 0 Å². The zero-order valence-electron chi connectivity index (χ0n) is 10.9. The molecule has 3 rings (SSSR count). The van der Waals surface area contributed by atoms with Crippen LogP contribution in [0.4, 0.5) is 5.13 Å². The number of anilines is 1. The van der Waals surface area contributed by atoms with Crippen molar-refractivity contribution in [2.45, 2.75) is 6.42 Å².